The predicted octanol–water partition coefficient (Wildman–Crippen LogP) is 1.87. The van der Waals surface area contributed by atoms with E-state index in [0.717, 1.165) is 6.42 Å². The van der Waals surface area contributed by atoms with Gasteiger partial charge >= 0.3 is 0 Å². The molecule has 4 nitrogen and oxygen atoms in total. The van der Waals surface area contributed by atoms with Crippen molar-refractivity contribution in [2.24, 2.45) is 0 Å². The lowest BCUT2D eigenvalue weighted by molar-refractivity contribution is -0.0141. The highest BCUT2D eigenvalue weighted by Gasteiger charge is 2.36. The number of hydrogen-bond acceptors (Lipinski definition) is 4. The van der Waals surface area contributed by atoms with Gasteiger partial charge in [-0.15, -0.1) is 0 Å². The first-order chi connectivity index (χ1) is 8.69. The summed E-state index contributed by atoms with van der Waals surface area (Å²) in [6, 6.07) is 10.1. The van der Waals surface area contributed by atoms with Crippen molar-refractivity contribution >= 4 is 8.03 Å². The molecule has 1 fully saturated rings. The van der Waals surface area contributed by atoms with Crippen molar-refractivity contribution in [3.63, 3.8) is 0 Å². The molecule has 1 aromatic rings. The van der Waals surface area contributed by atoms with Gasteiger partial charge in [-0.2, -0.15) is 0 Å². The highest BCUT2D eigenvalue weighted by atomic mass is 31.1. The van der Waals surface area contributed by atoms with Crippen LogP contribution in [-0.4, -0.2) is 36.7 Å². The Morgan fingerprint density at radius 1 is 1.44 bits per heavy atom. The summed E-state index contributed by atoms with van der Waals surface area (Å²) in [6.45, 7) is 1.47. The normalized spacial score (nSPS) is 29.3. The van der Waals surface area contributed by atoms with E-state index in [2.05, 4.69) is 0 Å². The molecule has 2 rings (SSSR count). The molecule has 1 aliphatic rings. The van der Waals surface area contributed by atoms with Gasteiger partial charge in [-0.05, 0) is 12.0 Å². The number of aliphatic hydroxyl groups is 1. The van der Waals surface area contributed by atoms with Crippen LogP contribution in [-0.2, 0) is 20.2 Å². The minimum Gasteiger partial charge on any atom is -0.394 e. The number of hydrogen-bond donors (Lipinski definition) is 1. The molecule has 0 spiro atoms. The standard InChI is InChI=1S/C13H19O4P/c1-18(15)17-12-8-11(16-13(12)9-14)7-10-5-3-2-4-6-10/h2-6,11-14,18H,7-9H2,1H3/t11-,12-,13+/m0/s1. The molecule has 1 N–H and O–H groups in total. The number of aliphatic hydroxyl groups excluding tert-OH is 1. The van der Waals surface area contributed by atoms with Crippen molar-refractivity contribution in [2.45, 2.75) is 31.2 Å². The van der Waals surface area contributed by atoms with Gasteiger partial charge in [-0.3, -0.25) is 4.57 Å². The van der Waals surface area contributed by atoms with Gasteiger partial charge in [0.05, 0.1) is 18.8 Å². The van der Waals surface area contributed by atoms with E-state index in [0.29, 0.717) is 6.42 Å². The van der Waals surface area contributed by atoms with E-state index in [-0.39, 0.29) is 24.9 Å². The topological polar surface area (TPSA) is 55.8 Å². The van der Waals surface area contributed by atoms with Gasteiger partial charge in [0.2, 0.25) is 0 Å². The predicted molar refractivity (Wildman–Crippen MR) is 70.3 cm³/mol. The largest absolute Gasteiger partial charge is 0.394 e. The average Bonchev–Trinajstić information content (AvgIpc) is 2.71. The van der Waals surface area contributed by atoms with Crippen LogP contribution in [0.3, 0.4) is 0 Å². The summed E-state index contributed by atoms with van der Waals surface area (Å²) < 4.78 is 22.2. The zero-order chi connectivity index (χ0) is 13.0. The van der Waals surface area contributed by atoms with E-state index in [1.807, 2.05) is 30.3 Å². The van der Waals surface area contributed by atoms with Gasteiger partial charge in [0.25, 0.3) is 0 Å². The first-order valence-electron chi connectivity index (χ1n) is 6.16. The van der Waals surface area contributed by atoms with Crippen LogP contribution < -0.4 is 0 Å². The van der Waals surface area contributed by atoms with Gasteiger partial charge in [-0.25, -0.2) is 0 Å². The second-order valence-electron chi connectivity index (χ2n) is 4.55. The van der Waals surface area contributed by atoms with Crippen LogP contribution in [0.25, 0.3) is 0 Å². The Balaban J connectivity index is 1.94. The fourth-order valence-electron chi connectivity index (χ4n) is 2.31. The Morgan fingerprint density at radius 2 is 2.17 bits per heavy atom. The Bertz CT molecular complexity index is 395. The quantitative estimate of drug-likeness (QED) is 0.830. The molecule has 1 saturated heterocycles. The Hall–Kier alpha value is -0.670. The number of benzene rings is 1. The second-order valence-corrected chi connectivity index (χ2v) is 5.77. The molecule has 1 aliphatic heterocycles. The zero-order valence-electron chi connectivity index (χ0n) is 10.4. The molecule has 0 aliphatic carbocycles. The molecule has 0 radical (unpaired) electrons. The van der Waals surface area contributed by atoms with Crippen molar-refractivity contribution in [3.05, 3.63) is 35.9 Å². The third-order valence-electron chi connectivity index (χ3n) is 3.08. The third-order valence-corrected chi connectivity index (χ3v) is 3.72. The SMILES string of the molecule is C[PH](=O)O[C@H]1C[C@H](Cc2ccccc2)O[C@@H]1CO. The van der Waals surface area contributed by atoms with Crippen molar-refractivity contribution in [1.82, 2.24) is 0 Å². The number of rotatable bonds is 5. The smallest absolute Gasteiger partial charge is 0.188 e. The van der Waals surface area contributed by atoms with Gasteiger partial charge in [-0.1, -0.05) is 30.3 Å². The Morgan fingerprint density at radius 3 is 2.78 bits per heavy atom. The summed E-state index contributed by atoms with van der Waals surface area (Å²) in [5.41, 5.74) is 1.20. The van der Waals surface area contributed by atoms with E-state index in [4.69, 9.17) is 9.26 Å². The molecule has 1 unspecified atom stereocenters. The van der Waals surface area contributed by atoms with Crippen molar-refractivity contribution < 1.29 is 18.9 Å². The third kappa shape index (κ3) is 3.66. The van der Waals surface area contributed by atoms with E-state index >= 15 is 0 Å². The first kappa shape index (κ1) is 13.8. The summed E-state index contributed by atoms with van der Waals surface area (Å²) in [6.07, 6.45) is 0.898. The van der Waals surface area contributed by atoms with E-state index in [9.17, 15) is 9.67 Å². The fourth-order valence-corrected chi connectivity index (χ4v) is 2.98. The lowest BCUT2D eigenvalue weighted by atomic mass is 10.0. The summed E-state index contributed by atoms with van der Waals surface area (Å²) in [4.78, 5) is 0. The molecule has 100 valence electrons. The summed E-state index contributed by atoms with van der Waals surface area (Å²) >= 11 is 0. The van der Waals surface area contributed by atoms with Gasteiger partial charge < -0.3 is 14.4 Å². The molecule has 0 amide bonds. The molecule has 0 aromatic heterocycles. The lowest BCUT2D eigenvalue weighted by Crippen LogP contribution is -2.26. The van der Waals surface area contributed by atoms with Gasteiger partial charge in [0.1, 0.15) is 6.10 Å². The Kier molecular flexibility index (Phi) is 4.95. The lowest BCUT2D eigenvalue weighted by Gasteiger charge is -2.15. The van der Waals surface area contributed by atoms with Crippen molar-refractivity contribution in [3.8, 4) is 0 Å². The van der Waals surface area contributed by atoms with Crippen LogP contribution in [0.1, 0.15) is 12.0 Å². The summed E-state index contributed by atoms with van der Waals surface area (Å²) in [5.74, 6) is 0. The molecule has 1 aromatic carbocycles. The minimum atomic E-state index is -2.00. The molecular weight excluding hydrogens is 251 g/mol. The van der Waals surface area contributed by atoms with Gasteiger partial charge in [0.15, 0.2) is 8.03 Å². The zero-order valence-corrected chi connectivity index (χ0v) is 11.4. The van der Waals surface area contributed by atoms with Gasteiger partial charge in [0, 0.05) is 13.1 Å². The Labute approximate surface area is 108 Å². The molecular formula is C13H19O4P. The maximum absolute atomic E-state index is 11.2. The molecule has 1 heterocycles. The van der Waals surface area contributed by atoms with Crippen molar-refractivity contribution in [2.75, 3.05) is 13.3 Å². The van der Waals surface area contributed by atoms with Crippen LogP contribution in [0.15, 0.2) is 30.3 Å². The minimum absolute atomic E-state index is 0.0240. The van der Waals surface area contributed by atoms with E-state index in [1.54, 1.807) is 6.66 Å². The molecule has 4 atom stereocenters. The maximum Gasteiger partial charge on any atom is 0.188 e. The van der Waals surface area contributed by atoms with Crippen LogP contribution in [0, 0.1) is 0 Å². The molecule has 5 heteroatoms. The fraction of sp³-hybridized carbons (Fsp3) is 0.538. The summed E-state index contributed by atoms with van der Waals surface area (Å²) in [7, 11) is -2.00. The number of ether oxygens (including phenoxy) is 1. The highest BCUT2D eigenvalue weighted by Crippen LogP contribution is 2.31. The molecule has 0 saturated carbocycles. The van der Waals surface area contributed by atoms with E-state index in [1.165, 1.54) is 5.56 Å². The monoisotopic (exact) mass is 270 g/mol. The van der Waals surface area contributed by atoms with Crippen LogP contribution >= 0.6 is 8.03 Å². The maximum atomic E-state index is 11.2. The first-order valence-corrected chi connectivity index (χ1v) is 7.98. The van der Waals surface area contributed by atoms with Crippen LogP contribution in [0.2, 0.25) is 0 Å². The van der Waals surface area contributed by atoms with Crippen molar-refractivity contribution in [1.29, 1.82) is 0 Å². The van der Waals surface area contributed by atoms with E-state index < -0.39 is 8.03 Å². The second kappa shape index (κ2) is 6.48. The molecule has 0 bridgehead atoms. The highest BCUT2D eigenvalue weighted by molar-refractivity contribution is 7.38. The van der Waals surface area contributed by atoms with Crippen LogP contribution in [0.5, 0.6) is 0 Å². The van der Waals surface area contributed by atoms with Crippen LogP contribution in [0.4, 0.5) is 0 Å². The average molecular weight is 270 g/mol. The summed E-state index contributed by atoms with van der Waals surface area (Å²) in [5, 5.41) is 9.24. The molecule has 18 heavy (non-hydrogen) atoms.